The van der Waals surface area contributed by atoms with E-state index < -0.39 is 17.7 Å². The smallest absolute Gasteiger partial charge is 0.295 e. The van der Waals surface area contributed by atoms with Crippen LogP contribution in [0.2, 0.25) is 0 Å². The van der Waals surface area contributed by atoms with Crippen molar-refractivity contribution in [3.05, 3.63) is 99.8 Å². The van der Waals surface area contributed by atoms with E-state index >= 15 is 0 Å². The number of ether oxygens (including phenoxy) is 1. The zero-order valence-electron chi connectivity index (χ0n) is 18.9. The molecule has 7 heteroatoms. The fraction of sp³-hybridized carbons (Fsp3) is 0.222. The van der Waals surface area contributed by atoms with E-state index in [0.717, 1.165) is 15.6 Å². The molecule has 0 aliphatic carbocycles. The Morgan fingerprint density at radius 1 is 1.09 bits per heavy atom. The number of aromatic nitrogens is 1. The summed E-state index contributed by atoms with van der Waals surface area (Å²) in [5.74, 6) is -0.526. The Balaban J connectivity index is 1.75. The third-order valence-electron chi connectivity index (χ3n) is 5.51. The van der Waals surface area contributed by atoms with Gasteiger partial charge >= 0.3 is 0 Å². The number of hydrogen-bond acceptors (Lipinski definition) is 5. The number of halogens is 1. The molecule has 1 amide bonds. The monoisotopic (exact) mass is 520 g/mol. The molecule has 2 aromatic carbocycles. The number of Topliss-reactive ketones (excluding diaryl/α,β-unsaturated/α-hetero) is 1. The molecule has 2 heterocycles. The van der Waals surface area contributed by atoms with Crippen molar-refractivity contribution in [2.24, 2.45) is 5.92 Å². The second-order valence-corrected chi connectivity index (χ2v) is 9.48. The Labute approximate surface area is 207 Å². The quantitative estimate of drug-likeness (QED) is 0.252. The maximum atomic E-state index is 13.2. The summed E-state index contributed by atoms with van der Waals surface area (Å²) >= 11 is 3.43. The second kappa shape index (κ2) is 10.2. The minimum absolute atomic E-state index is 0.0621. The summed E-state index contributed by atoms with van der Waals surface area (Å²) in [4.78, 5) is 31.8. The summed E-state index contributed by atoms with van der Waals surface area (Å²) in [6.45, 7) is 4.89. The third-order valence-corrected chi connectivity index (χ3v) is 6.04. The minimum atomic E-state index is -0.731. The summed E-state index contributed by atoms with van der Waals surface area (Å²) in [6.07, 6.45) is 3.31. The van der Waals surface area contributed by atoms with Crippen LogP contribution in [0.4, 0.5) is 0 Å². The fourth-order valence-electron chi connectivity index (χ4n) is 3.85. The number of aliphatic hydroxyl groups is 1. The number of hydrogen-bond donors (Lipinski definition) is 1. The standard InChI is InChI=1S/C27H25BrN2O4/c1-17(2)16-34-22-11-7-20(8-12-22)25(31)23-24(19-5-9-21(28)10-6-19)30(27(33)26(23)32)15-18-4-3-13-29-14-18/h3-14,17,24,31H,15-16H2,1-2H3/b25-23+. The minimum Gasteiger partial charge on any atom is -0.507 e. The number of aliphatic hydroxyl groups excluding tert-OH is 1. The molecule has 1 aliphatic rings. The third kappa shape index (κ3) is 5.04. The van der Waals surface area contributed by atoms with Crippen molar-refractivity contribution in [1.29, 1.82) is 0 Å². The first-order valence-electron chi connectivity index (χ1n) is 11.0. The maximum Gasteiger partial charge on any atom is 0.295 e. The molecular formula is C27H25BrN2O4. The van der Waals surface area contributed by atoms with Crippen molar-refractivity contribution < 1.29 is 19.4 Å². The topological polar surface area (TPSA) is 79.7 Å². The second-order valence-electron chi connectivity index (χ2n) is 8.57. The maximum absolute atomic E-state index is 13.2. The number of carbonyl (C=O) groups is 2. The summed E-state index contributed by atoms with van der Waals surface area (Å²) in [5, 5.41) is 11.2. The van der Waals surface area contributed by atoms with Gasteiger partial charge in [0.25, 0.3) is 11.7 Å². The molecule has 0 bridgehead atoms. The molecule has 1 atom stereocenters. The van der Waals surface area contributed by atoms with Crippen LogP contribution in [-0.2, 0) is 16.1 Å². The van der Waals surface area contributed by atoms with Gasteiger partial charge in [-0.15, -0.1) is 0 Å². The number of carbonyl (C=O) groups excluding carboxylic acids is 2. The molecule has 1 saturated heterocycles. The van der Waals surface area contributed by atoms with Crippen LogP contribution >= 0.6 is 15.9 Å². The van der Waals surface area contributed by atoms with Crippen molar-refractivity contribution in [3.8, 4) is 5.75 Å². The summed E-state index contributed by atoms with van der Waals surface area (Å²) in [5.41, 5.74) is 2.02. The number of pyridine rings is 1. The number of ketones is 1. The molecule has 1 aromatic heterocycles. The number of rotatable bonds is 7. The van der Waals surface area contributed by atoms with Crippen LogP contribution in [-0.4, -0.2) is 33.3 Å². The van der Waals surface area contributed by atoms with E-state index in [-0.39, 0.29) is 17.9 Å². The first kappa shape index (κ1) is 23.7. The highest BCUT2D eigenvalue weighted by Crippen LogP contribution is 2.40. The normalized spacial score (nSPS) is 17.4. The van der Waals surface area contributed by atoms with Gasteiger partial charge in [0.2, 0.25) is 0 Å². The van der Waals surface area contributed by atoms with Crippen LogP contribution in [0, 0.1) is 5.92 Å². The SMILES string of the molecule is CC(C)COc1ccc(/C(O)=C2\C(=O)C(=O)N(Cc3cccnc3)C2c2ccc(Br)cc2)cc1. The Bertz CT molecular complexity index is 1210. The Morgan fingerprint density at radius 2 is 1.79 bits per heavy atom. The van der Waals surface area contributed by atoms with Crippen molar-refractivity contribution in [3.63, 3.8) is 0 Å². The van der Waals surface area contributed by atoms with Gasteiger partial charge in [0.15, 0.2) is 0 Å². The van der Waals surface area contributed by atoms with Crippen LogP contribution in [0.3, 0.4) is 0 Å². The van der Waals surface area contributed by atoms with Gasteiger partial charge in [-0.1, -0.05) is 48.0 Å². The van der Waals surface area contributed by atoms with Gasteiger partial charge in [0.1, 0.15) is 11.5 Å². The predicted molar refractivity (Wildman–Crippen MR) is 133 cm³/mol. The van der Waals surface area contributed by atoms with Gasteiger partial charge in [-0.25, -0.2) is 0 Å². The van der Waals surface area contributed by atoms with E-state index in [4.69, 9.17) is 4.74 Å². The van der Waals surface area contributed by atoms with Crippen LogP contribution in [0.15, 0.2) is 83.1 Å². The number of likely N-dealkylation sites (tertiary alicyclic amines) is 1. The summed E-state index contributed by atoms with van der Waals surface area (Å²) in [6, 6.07) is 17.2. The van der Waals surface area contributed by atoms with Crippen LogP contribution in [0.25, 0.3) is 5.76 Å². The van der Waals surface area contributed by atoms with Crippen molar-refractivity contribution in [1.82, 2.24) is 9.88 Å². The highest BCUT2D eigenvalue weighted by molar-refractivity contribution is 9.10. The highest BCUT2D eigenvalue weighted by Gasteiger charge is 2.46. The van der Waals surface area contributed by atoms with Crippen molar-refractivity contribution in [2.75, 3.05) is 6.61 Å². The highest BCUT2D eigenvalue weighted by atomic mass is 79.9. The first-order chi connectivity index (χ1) is 16.3. The fourth-order valence-corrected chi connectivity index (χ4v) is 4.11. The molecule has 0 radical (unpaired) electrons. The molecule has 1 fully saturated rings. The van der Waals surface area contributed by atoms with Crippen LogP contribution < -0.4 is 4.74 Å². The molecule has 1 aliphatic heterocycles. The van der Waals surface area contributed by atoms with Crippen molar-refractivity contribution >= 4 is 33.4 Å². The van der Waals surface area contributed by atoms with Gasteiger partial charge in [-0.05, 0) is 59.5 Å². The molecule has 1 unspecified atom stereocenters. The van der Waals surface area contributed by atoms with E-state index in [2.05, 4.69) is 34.8 Å². The number of nitrogens with zero attached hydrogens (tertiary/aromatic N) is 2. The molecule has 4 rings (SSSR count). The van der Waals surface area contributed by atoms with E-state index in [1.807, 2.05) is 30.3 Å². The van der Waals surface area contributed by atoms with Crippen LogP contribution in [0.1, 0.15) is 36.6 Å². The first-order valence-corrected chi connectivity index (χ1v) is 11.8. The molecule has 6 nitrogen and oxygen atoms in total. The predicted octanol–water partition coefficient (Wildman–Crippen LogP) is 5.50. The van der Waals surface area contributed by atoms with E-state index in [1.165, 1.54) is 4.90 Å². The lowest BCUT2D eigenvalue weighted by atomic mass is 9.95. The van der Waals surface area contributed by atoms with Gasteiger partial charge in [-0.3, -0.25) is 14.6 Å². The van der Waals surface area contributed by atoms with Crippen molar-refractivity contribution in [2.45, 2.75) is 26.4 Å². The zero-order valence-corrected chi connectivity index (χ0v) is 20.5. The Morgan fingerprint density at radius 3 is 2.41 bits per heavy atom. The Kier molecular flexibility index (Phi) is 7.12. The Hall–Kier alpha value is -3.45. The average molecular weight is 521 g/mol. The molecule has 34 heavy (non-hydrogen) atoms. The van der Waals surface area contributed by atoms with Gasteiger partial charge in [0, 0.05) is 29.0 Å². The molecule has 3 aromatic rings. The van der Waals surface area contributed by atoms with Gasteiger partial charge < -0.3 is 14.7 Å². The largest absolute Gasteiger partial charge is 0.507 e. The lowest BCUT2D eigenvalue weighted by molar-refractivity contribution is -0.140. The van der Waals surface area contributed by atoms with Crippen LogP contribution in [0.5, 0.6) is 5.75 Å². The summed E-state index contributed by atoms with van der Waals surface area (Å²) < 4.78 is 6.59. The number of benzene rings is 2. The average Bonchev–Trinajstić information content (AvgIpc) is 3.08. The molecule has 0 spiro atoms. The van der Waals surface area contributed by atoms with E-state index in [9.17, 15) is 14.7 Å². The molecule has 1 N–H and O–H groups in total. The van der Waals surface area contributed by atoms with Gasteiger partial charge in [-0.2, -0.15) is 0 Å². The van der Waals surface area contributed by atoms with Gasteiger partial charge in [0.05, 0.1) is 18.2 Å². The lowest BCUT2D eigenvalue weighted by Crippen LogP contribution is -2.29. The number of amides is 1. The van der Waals surface area contributed by atoms with E-state index in [0.29, 0.717) is 23.8 Å². The molecular weight excluding hydrogens is 496 g/mol. The molecule has 174 valence electrons. The zero-order chi connectivity index (χ0) is 24.2. The van der Waals surface area contributed by atoms with E-state index in [1.54, 1.807) is 42.7 Å². The summed E-state index contributed by atoms with van der Waals surface area (Å²) in [7, 11) is 0. The lowest BCUT2D eigenvalue weighted by Gasteiger charge is -2.25. The molecule has 0 saturated carbocycles.